The molecule has 0 unspecified atom stereocenters. The number of hydrogen-bond donors (Lipinski definition) is 3. The van der Waals surface area contributed by atoms with Crippen LogP contribution in [0.1, 0.15) is 21.7 Å². The molecule has 0 aliphatic heterocycles. The van der Waals surface area contributed by atoms with Crippen molar-refractivity contribution in [3.05, 3.63) is 53.5 Å². The molecule has 0 atom stereocenters. The number of nitrogens with one attached hydrogen (secondary N) is 1. The van der Waals surface area contributed by atoms with Crippen LogP contribution in [0, 0.1) is 6.92 Å². The van der Waals surface area contributed by atoms with Crippen LogP contribution in [0.15, 0.2) is 46.2 Å². The third-order valence-corrected chi connectivity index (χ3v) is 2.63. The summed E-state index contributed by atoms with van der Waals surface area (Å²) >= 11 is 0. The normalized spacial score (nSPS) is 11.3. The average molecular weight is 259 g/mol. The van der Waals surface area contributed by atoms with E-state index in [1.54, 1.807) is 37.3 Å². The zero-order valence-electron chi connectivity index (χ0n) is 10.3. The predicted molar refractivity (Wildman–Crippen MR) is 70.4 cm³/mol. The molecule has 0 bridgehead atoms. The molecule has 0 spiro atoms. The summed E-state index contributed by atoms with van der Waals surface area (Å²) < 4.78 is 5.07. The van der Waals surface area contributed by atoms with Crippen LogP contribution in [0.4, 0.5) is 5.69 Å². The minimum atomic E-state index is -0.275. The molecule has 19 heavy (non-hydrogen) atoms. The van der Waals surface area contributed by atoms with E-state index in [0.717, 1.165) is 0 Å². The molecule has 0 aliphatic rings. The molecule has 4 N–H and O–H groups in total. The third kappa shape index (κ3) is 2.74. The van der Waals surface area contributed by atoms with E-state index < -0.39 is 0 Å². The van der Waals surface area contributed by atoms with Gasteiger partial charge in [-0.2, -0.15) is 0 Å². The number of amides is 1. The standard InChI is InChI=1S/C13H13N3O3/c1-8-11(5-6-19-8)13(17)15-10-4-2-3-9(7-10)12(14)16-18/h2-7,18H,1H3,(H2,14,16)(H,15,17). The Kier molecular flexibility index (Phi) is 3.51. The number of oxime groups is 1. The van der Waals surface area contributed by atoms with Crippen molar-refractivity contribution in [2.24, 2.45) is 10.9 Å². The maximum absolute atomic E-state index is 12.0. The summed E-state index contributed by atoms with van der Waals surface area (Å²) in [7, 11) is 0. The average Bonchev–Trinajstić information content (AvgIpc) is 2.84. The summed E-state index contributed by atoms with van der Waals surface area (Å²) in [5, 5.41) is 14.2. The smallest absolute Gasteiger partial charge is 0.259 e. The van der Waals surface area contributed by atoms with Gasteiger partial charge in [0, 0.05) is 11.3 Å². The van der Waals surface area contributed by atoms with Crippen LogP contribution in [-0.4, -0.2) is 17.0 Å². The Morgan fingerprint density at radius 1 is 1.42 bits per heavy atom. The molecule has 98 valence electrons. The molecule has 6 nitrogen and oxygen atoms in total. The highest BCUT2D eigenvalue weighted by Crippen LogP contribution is 2.14. The van der Waals surface area contributed by atoms with Crippen molar-refractivity contribution in [3.8, 4) is 0 Å². The molecule has 2 aromatic rings. The number of amidine groups is 1. The molecule has 6 heteroatoms. The summed E-state index contributed by atoms with van der Waals surface area (Å²) in [6, 6.07) is 8.29. The minimum Gasteiger partial charge on any atom is -0.469 e. The maximum atomic E-state index is 12.0. The first-order chi connectivity index (χ1) is 9.11. The van der Waals surface area contributed by atoms with Crippen LogP contribution in [-0.2, 0) is 0 Å². The zero-order valence-corrected chi connectivity index (χ0v) is 10.3. The molecule has 0 saturated heterocycles. The molecule has 1 aromatic carbocycles. The molecule has 0 saturated carbocycles. The zero-order chi connectivity index (χ0) is 13.8. The van der Waals surface area contributed by atoms with E-state index in [1.165, 1.54) is 6.26 Å². The Labute approximate surface area is 109 Å². The van der Waals surface area contributed by atoms with Gasteiger partial charge in [-0.1, -0.05) is 17.3 Å². The van der Waals surface area contributed by atoms with Crippen LogP contribution < -0.4 is 11.1 Å². The molecule has 0 radical (unpaired) electrons. The van der Waals surface area contributed by atoms with Gasteiger partial charge in [-0.3, -0.25) is 4.79 Å². The van der Waals surface area contributed by atoms with Crippen LogP contribution in [0.5, 0.6) is 0 Å². The first-order valence-corrected chi connectivity index (χ1v) is 5.55. The van der Waals surface area contributed by atoms with Gasteiger partial charge in [0.05, 0.1) is 11.8 Å². The number of aryl methyl sites for hydroxylation is 1. The van der Waals surface area contributed by atoms with E-state index >= 15 is 0 Å². The van der Waals surface area contributed by atoms with E-state index in [1.807, 2.05) is 0 Å². The van der Waals surface area contributed by atoms with Crippen LogP contribution >= 0.6 is 0 Å². The number of furan rings is 1. The quantitative estimate of drug-likeness (QED) is 0.339. The van der Waals surface area contributed by atoms with Crippen molar-refractivity contribution in [1.29, 1.82) is 0 Å². The van der Waals surface area contributed by atoms with Gasteiger partial charge in [0.25, 0.3) is 5.91 Å². The first-order valence-electron chi connectivity index (χ1n) is 5.55. The first kappa shape index (κ1) is 12.7. The van der Waals surface area contributed by atoms with Gasteiger partial charge in [0.1, 0.15) is 5.76 Å². The molecule has 1 aromatic heterocycles. The van der Waals surface area contributed by atoms with Crippen molar-refractivity contribution < 1.29 is 14.4 Å². The van der Waals surface area contributed by atoms with E-state index in [9.17, 15) is 4.79 Å². The largest absolute Gasteiger partial charge is 0.469 e. The van der Waals surface area contributed by atoms with Gasteiger partial charge in [-0.15, -0.1) is 0 Å². The lowest BCUT2D eigenvalue weighted by molar-refractivity contribution is 0.102. The fourth-order valence-electron chi connectivity index (χ4n) is 1.63. The second kappa shape index (κ2) is 5.26. The molecule has 1 amide bonds. The molecule has 1 heterocycles. The van der Waals surface area contributed by atoms with Gasteiger partial charge in [0.15, 0.2) is 5.84 Å². The van der Waals surface area contributed by atoms with E-state index in [-0.39, 0.29) is 11.7 Å². The van der Waals surface area contributed by atoms with Crippen molar-refractivity contribution in [1.82, 2.24) is 0 Å². The topological polar surface area (TPSA) is 101 Å². The summed E-state index contributed by atoms with van der Waals surface area (Å²) in [6.45, 7) is 1.71. The van der Waals surface area contributed by atoms with Crippen molar-refractivity contribution in [2.75, 3.05) is 5.32 Å². The maximum Gasteiger partial charge on any atom is 0.259 e. The predicted octanol–water partition coefficient (Wildman–Crippen LogP) is 1.93. The number of nitrogens with two attached hydrogens (primary N) is 1. The second-order valence-electron chi connectivity index (χ2n) is 3.91. The highest BCUT2D eigenvalue weighted by molar-refractivity contribution is 6.05. The highest BCUT2D eigenvalue weighted by atomic mass is 16.4. The number of anilines is 1. The van der Waals surface area contributed by atoms with E-state index in [2.05, 4.69) is 10.5 Å². The van der Waals surface area contributed by atoms with Crippen molar-refractivity contribution >= 4 is 17.4 Å². The number of carbonyl (C=O) groups excluding carboxylic acids is 1. The van der Waals surface area contributed by atoms with E-state index in [4.69, 9.17) is 15.4 Å². The van der Waals surface area contributed by atoms with Gasteiger partial charge in [-0.25, -0.2) is 0 Å². The lowest BCUT2D eigenvalue weighted by Gasteiger charge is -2.06. The Hall–Kier alpha value is -2.76. The summed E-state index contributed by atoms with van der Waals surface area (Å²) in [6.07, 6.45) is 1.46. The van der Waals surface area contributed by atoms with Crippen LogP contribution in [0.3, 0.4) is 0 Å². The summed E-state index contributed by atoms with van der Waals surface area (Å²) in [5.74, 6) is 0.253. The van der Waals surface area contributed by atoms with Crippen LogP contribution in [0.2, 0.25) is 0 Å². The number of nitrogens with zero attached hydrogens (tertiary/aromatic N) is 1. The SMILES string of the molecule is Cc1occc1C(=O)Nc1cccc(/C(N)=N/O)c1. The Morgan fingerprint density at radius 3 is 2.84 bits per heavy atom. The number of benzene rings is 1. The molecule has 2 rings (SSSR count). The second-order valence-corrected chi connectivity index (χ2v) is 3.91. The van der Waals surface area contributed by atoms with E-state index in [0.29, 0.717) is 22.6 Å². The van der Waals surface area contributed by atoms with Gasteiger partial charge >= 0.3 is 0 Å². The molecule has 0 aliphatic carbocycles. The summed E-state index contributed by atoms with van der Waals surface area (Å²) in [4.78, 5) is 12.0. The monoisotopic (exact) mass is 259 g/mol. The van der Waals surface area contributed by atoms with Gasteiger partial charge < -0.3 is 20.7 Å². The summed E-state index contributed by atoms with van der Waals surface area (Å²) in [5.41, 5.74) is 7.02. The molecular formula is C13H13N3O3. The Balaban J connectivity index is 2.20. The Morgan fingerprint density at radius 2 is 2.21 bits per heavy atom. The van der Waals surface area contributed by atoms with Crippen LogP contribution in [0.25, 0.3) is 0 Å². The number of hydrogen-bond acceptors (Lipinski definition) is 4. The van der Waals surface area contributed by atoms with Crippen molar-refractivity contribution in [2.45, 2.75) is 6.92 Å². The fraction of sp³-hybridized carbons (Fsp3) is 0.0769. The molecular weight excluding hydrogens is 246 g/mol. The number of carbonyl (C=O) groups is 1. The number of rotatable bonds is 3. The Bertz CT molecular complexity index is 632. The lowest BCUT2D eigenvalue weighted by Crippen LogP contribution is -2.15. The minimum absolute atomic E-state index is 0.0180. The van der Waals surface area contributed by atoms with Gasteiger partial charge in [0.2, 0.25) is 0 Å². The molecule has 0 fully saturated rings. The lowest BCUT2D eigenvalue weighted by atomic mass is 10.1. The van der Waals surface area contributed by atoms with Crippen molar-refractivity contribution in [3.63, 3.8) is 0 Å². The fourth-order valence-corrected chi connectivity index (χ4v) is 1.63. The third-order valence-electron chi connectivity index (χ3n) is 2.63. The highest BCUT2D eigenvalue weighted by Gasteiger charge is 2.11. The van der Waals surface area contributed by atoms with Gasteiger partial charge in [-0.05, 0) is 25.1 Å².